The first-order valence-corrected chi connectivity index (χ1v) is 12.9. The molecule has 11 heteroatoms. The molecule has 0 bridgehead atoms. The topological polar surface area (TPSA) is 105 Å². The Labute approximate surface area is 223 Å². The summed E-state index contributed by atoms with van der Waals surface area (Å²) in [6.45, 7) is 5.48. The molecule has 2 aromatic carbocycles. The molecule has 0 unspecified atom stereocenters. The number of rotatable bonds is 8. The summed E-state index contributed by atoms with van der Waals surface area (Å²) in [6.07, 6.45) is 6.28. The lowest BCUT2D eigenvalue weighted by Gasteiger charge is -2.31. The molecule has 202 valence electrons. The van der Waals surface area contributed by atoms with Gasteiger partial charge in [0.15, 0.2) is 11.6 Å². The number of likely N-dealkylation sites (tertiary alicyclic amines) is 1. The molecule has 0 aliphatic carbocycles. The molecule has 39 heavy (non-hydrogen) atoms. The quantitative estimate of drug-likeness (QED) is 0.358. The third-order valence-corrected chi connectivity index (χ3v) is 6.93. The van der Waals surface area contributed by atoms with Gasteiger partial charge in [-0.15, -0.1) is 0 Å². The van der Waals surface area contributed by atoms with Gasteiger partial charge in [-0.25, -0.2) is 18.7 Å². The number of carbonyl (C=O) groups excluding carboxylic acids is 1. The summed E-state index contributed by atoms with van der Waals surface area (Å²) in [7, 11) is 0. The van der Waals surface area contributed by atoms with E-state index in [2.05, 4.69) is 32.4 Å². The molecule has 5 rings (SSSR count). The fourth-order valence-electron chi connectivity index (χ4n) is 4.67. The molecule has 0 atom stereocenters. The minimum Gasteiger partial charge on any atom is -0.366 e. The van der Waals surface area contributed by atoms with Crippen LogP contribution in [-0.2, 0) is 13.1 Å². The molecule has 0 radical (unpaired) electrons. The van der Waals surface area contributed by atoms with Crippen LogP contribution in [0.4, 0.5) is 14.6 Å². The van der Waals surface area contributed by atoms with Crippen molar-refractivity contribution in [1.82, 2.24) is 29.7 Å². The van der Waals surface area contributed by atoms with Crippen molar-refractivity contribution in [3.8, 4) is 0 Å². The van der Waals surface area contributed by atoms with E-state index in [9.17, 15) is 18.4 Å². The van der Waals surface area contributed by atoms with Gasteiger partial charge in [-0.3, -0.25) is 19.1 Å². The summed E-state index contributed by atoms with van der Waals surface area (Å²) in [4.78, 5) is 41.3. The highest BCUT2D eigenvalue weighted by molar-refractivity contribution is 5.93. The molecule has 0 saturated carbocycles. The van der Waals surface area contributed by atoms with E-state index in [-0.39, 0.29) is 18.7 Å². The number of piperidine rings is 1. The molecule has 1 aliphatic heterocycles. The van der Waals surface area contributed by atoms with Crippen LogP contribution in [0.5, 0.6) is 0 Å². The van der Waals surface area contributed by atoms with E-state index in [1.807, 2.05) is 18.2 Å². The van der Waals surface area contributed by atoms with Crippen LogP contribution in [0.2, 0.25) is 0 Å². The van der Waals surface area contributed by atoms with Crippen molar-refractivity contribution in [2.45, 2.75) is 38.9 Å². The Bertz CT molecular complexity index is 1550. The zero-order valence-electron chi connectivity index (χ0n) is 21.5. The Morgan fingerprint density at radius 3 is 2.59 bits per heavy atom. The molecular formula is C28H29F2N7O2. The molecule has 9 nitrogen and oxygen atoms in total. The molecule has 1 saturated heterocycles. The second kappa shape index (κ2) is 11.6. The molecule has 2 aromatic heterocycles. The van der Waals surface area contributed by atoms with Gasteiger partial charge < -0.3 is 15.5 Å². The lowest BCUT2D eigenvalue weighted by Crippen LogP contribution is -2.39. The van der Waals surface area contributed by atoms with E-state index < -0.39 is 23.1 Å². The average molecular weight is 534 g/mol. The maximum absolute atomic E-state index is 13.5. The maximum atomic E-state index is 13.5. The number of hydrogen-bond donors (Lipinski definition) is 2. The molecule has 1 fully saturated rings. The molecule has 3 heterocycles. The first-order chi connectivity index (χ1) is 18.9. The van der Waals surface area contributed by atoms with E-state index >= 15 is 0 Å². The first kappa shape index (κ1) is 26.4. The van der Waals surface area contributed by atoms with Crippen molar-refractivity contribution >= 4 is 22.8 Å². The summed E-state index contributed by atoms with van der Waals surface area (Å²) in [5.41, 5.74) is 1.87. The highest BCUT2D eigenvalue weighted by Crippen LogP contribution is 2.18. The van der Waals surface area contributed by atoms with Crippen molar-refractivity contribution in [3.63, 3.8) is 0 Å². The highest BCUT2D eigenvalue weighted by atomic mass is 19.2. The van der Waals surface area contributed by atoms with Crippen molar-refractivity contribution in [1.29, 1.82) is 0 Å². The van der Waals surface area contributed by atoms with E-state index in [4.69, 9.17) is 4.98 Å². The van der Waals surface area contributed by atoms with Crippen LogP contribution < -0.4 is 16.2 Å². The molecular weight excluding hydrogens is 504 g/mol. The lowest BCUT2D eigenvalue weighted by atomic mass is 10.1. The van der Waals surface area contributed by atoms with Gasteiger partial charge in [-0.1, -0.05) is 19.1 Å². The summed E-state index contributed by atoms with van der Waals surface area (Å²) in [6, 6.07) is 9.26. The van der Waals surface area contributed by atoms with E-state index in [1.165, 1.54) is 23.2 Å². The summed E-state index contributed by atoms with van der Waals surface area (Å²) >= 11 is 0. The van der Waals surface area contributed by atoms with Crippen LogP contribution >= 0.6 is 0 Å². The number of amides is 1. The van der Waals surface area contributed by atoms with Crippen LogP contribution in [0, 0.1) is 11.6 Å². The monoisotopic (exact) mass is 533 g/mol. The number of hydrogen-bond acceptors (Lipinski definition) is 7. The zero-order valence-corrected chi connectivity index (χ0v) is 21.5. The van der Waals surface area contributed by atoms with Crippen molar-refractivity contribution in [2.75, 3.05) is 25.0 Å². The van der Waals surface area contributed by atoms with Crippen LogP contribution in [0.1, 0.15) is 41.3 Å². The zero-order chi connectivity index (χ0) is 27.4. The fourth-order valence-corrected chi connectivity index (χ4v) is 4.67. The van der Waals surface area contributed by atoms with Crippen molar-refractivity contribution in [2.24, 2.45) is 0 Å². The predicted octanol–water partition coefficient (Wildman–Crippen LogP) is 3.34. The number of fused-ring (bicyclic) bond motifs is 1. The van der Waals surface area contributed by atoms with Gasteiger partial charge >= 0.3 is 0 Å². The van der Waals surface area contributed by atoms with Crippen molar-refractivity contribution < 1.29 is 13.6 Å². The molecule has 1 amide bonds. The number of halogens is 2. The Balaban J connectivity index is 1.24. The SMILES string of the molecule is CCN1CCC(Nc2cnc3ccc(CNC(=O)c4cncn(Cc5ccc(F)c(F)c5)c4=O)cc3n2)CC1. The van der Waals surface area contributed by atoms with Gasteiger partial charge in [0, 0.05) is 31.9 Å². The number of nitrogens with zero attached hydrogens (tertiary/aromatic N) is 5. The highest BCUT2D eigenvalue weighted by Gasteiger charge is 2.18. The molecule has 1 aliphatic rings. The molecule has 0 spiro atoms. The number of aromatic nitrogens is 4. The Morgan fingerprint density at radius 2 is 1.82 bits per heavy atom. The Hall–Kier alpha value is -4.25. The number of benzene rings is 2. The standard InChI is InChI=1S/C28H29F2N7O2/c1-2-36-9-7-20(8-10-36)34-26-15-32-24-6-4-18(12-25(24)35-26)13-33-27(38)21-14-31-17-37(28(21)39)16-19-3-5-22(29)23(30)11-19/h3-6,11-12,14-15,17,20H,2,7-10,13,16H2,1H3,(H,33,38)(H,34,35). The van der Waals surface area contributed by atoms with Crippen LogP contribution in [0.25, 0.3) is 11.0 Å². The number of anilines is 1. The minimum absolute atomic E-state index is 0.0540. The third kappa shape index (κ3) is 6.26. The molecule has 4 aromatic rings. The van der Waals surface area contributed by atoms with Gasteiger partial charge in [0.2, 0.25) is 0 Å². The fraction of sp³-hybridized carbons (Fsp3) is 0.321. The Kier molecular flexibility index (Phi) is 7.87. The minimum atomic E-state index is -1.01. The summed E-state index contributed by atoms with van der Waals surface area (Å²) < 4.78 is 27.9. The van der Waals surface area contributed by atoms with Crippen LogP contribution in [-0.4, -0.2) is 56.0 Å². The summed E-state index contributed by atoms with van der Waals surface area (Å²) in [5, 5.41) is 6.24. The second-order valence-corrected chi connectivity index (χ2v) is 9.60. The van der Waals surface area contributed by atoms with Crippen LogP contribution in [0.3, 0.4) is 0 Å². The first-order valence-electron chi connectivity index (χ1n) is 12.9. The number of carbonyl (C=O) groups is 1. The predicted molar refractivity (Wildman–Crippen MR) is 143 cm³/mol. The van der Waals surface area contributed by atoms with E-state index in [0.29, 0.717) is 17.1 Å². The van der Waals surface area contributed by atoms with Gasteiger partial charge in [-0.2, -0.15) is 0 Å². The smallest absolute Gasteiger partial charge is 0.266 e. The van der Waals surface area contributed by atoms with Crippen molar-refractivity contribution in [3.05, 3.63) is 93.8 Å². The van der Waals surface area contributed by atoms with Gasteiger partial charge in [0.25, 0.3) is 11.5 Å². The van der Waals surface area contributed by atoms with E-state index in [0.717, 1.165) is 61.5 Å². The van der Waals surface area contributed by atoms with E-state index in [1.54, 1.807) is 6.20 Å². The second-order valence-electron chi connectivity index (χ2n) is 9.60. The normalized spacial score (nSPS) is 14.4. The summed E-state index contributed by atoms with van der Waals surface area (Å²) in [5.74, 6) is -1.86. The van der Waals surface area contributed by atoms with Gasteiger partial charge in [0.1, 0.15) is 11.4 Å². The van der Waals surface area contributed by atoms with Crippen LogP contribution in [0.15, 0.2) is 59.9 Å². The third-order valence-electron chi connectivity index (χ3n) is 6.93. The molecule has 2 N–H and O–H groups in total. The van der Waals surface area contributed by atoms with Gasteiger partial charge in [0.05, 0.1) is 30.1 Å². The average Bonchev–Trinajstić information content (AvgIpc) is 2.95. The maximum Gasteiger partial charge on any atom is 0.266 e. The number of nitrogens with one attached hydrogen (secondary N) is 2. The lowest BCUT2D eigenvalue weighted by molar-refractivity contribution is 0.0948. The Morgan fingerprint density at radius 1 is 1.03 bits per heavy atom. The largest absolute Gasteiger partial charge is 0.366 e. The van der Waals surface area contributed by atoms with Gasteiger partial charge in [-0.05, 0) is 54.8 Å².